The lowest BCUT2D eigenvalue weighted by Crippen LogP contribution is -2.43. The van der Waals surface area contributed by atoms with Gasteiger partial charge in [0, 0.05) is 12.8 Å². The molecule has 2 amide bonds. The van der Waals surface area contributed by atoms with Crippen molar-refractivity contribution < 1.29 is 23.1 Å². The quantitative estimate of drug-likeness (QED) is 0.465. The molecule has 0 bridgehead atoms. The fraction of sp³-hybridized carbons (Fsp3) is 0.600. The van der Waals surface area contributed by atoms with E-state index in [-0.39, 0.29) is 25.3 Å². The van der Waals surface area contributed by atoms with Gasteiger partial charge in [-0.05, 0) is 6.42 Å². The van der Waals surface area contributed by atoms with Gasteiger partial charge in [-0.3, -0.25) is 4.79 Å². The first kappa shape index (κ1) is 16.2. The maximum atomic E-state index is 11.5. The summed E-state index contributed by atoms with van der Waals surface area (Å²) in [7, 11) is -3.06. The minimum Gasteiger partial charge on any atom is -0.480 e. The Morgan fingerprint density at radius 2 is 2.06 bits per heavy atom. The molecule has 0 aromatic carbocycles. The zero-order valence-electron chi connectivity index (χ0n) is 10.0. The monoisotopic (exact) mass is 276 g/mol. The second-order valence-electron chi connectivity index (χ2n) is 3.67. The molecule has 0 aromatic heterocycles. The molecule has 102 valence electrons. The lowest BCUT2D eigenvalue weighted by atomic mass is 10.4. The van der Waals surface area contributed by atoms with Crippen molar-refractivity contribution in [2.75, 3.05) is 31.6 Å². The van der Waals surface area contributed by atoms with E-state index in [1.807, 2.05) is 0 Å². The highest BCUT2D eigenvalue weighted by Crippen LogP contribution is 1.91. The van der Waals surface area contributed by atoms with Crippen molar-refractivity contribution in [3.05, 3.63) is 0 Å². The van der Waals surface area contributed by atoms with Crippen molar-refractivity contribution >= 4 is 21.8 Å². The summed E-state index contributed by atoms with van der Waals surface area (Å²) in [4.78, 5) is 22.9. The average Bonchev–Trinajstić information content (AvgIpc) is 2.21. The van der Waals surface area contributed by atoms with Crippen molar-refractivity contribution in [2.24, 2.45) is 0 Å². The fourth-order valence-corrected chi connectivity index (χ4v) is 1.78. The number of carboxylic acid groups (broad SMARTS) is 1. The molecule has 7 nitrogen and oxygen atoms in total. The first-order chi connectivity index (χ1) is 8.26. The van der Waals surface area contributed by atoms with Crippen molar-refractivity contribution in [3.8, 4) is 12.3 Å². The summed E-state index contributed by atoms with van der Waals surface area (Å²) in [5.41, 5.74) is 0. The molecule has 8 heteroatoms. The Labute approximate surface area is 106 Å². The highest BCUT2D eigenvalue weighted by molar-refractivity contribution is 7.90. The lowest BCUT2D eigenvalue weighted by Gasteiger charge is -2.18. The van der Waals surface area contributed by atoms with Gasteiger partial charge in [0.05, 0.1) is 12.3 Å². The van der Waals surface area contributed by atoms with E-state index in [0.29, 0.717) is 0 Å². The number of aliphatic carboxylic acids is 1. The van der Waals surface area contributed by atoms with E-state index in [4.69, 9.17) is 11.5 Å². The van der Waals surface area contributed by atoms with Gasteiger partial charge in [-0.2, -0.15) is 0 Å². The SMILES string of the molecule is C#CCN(CC(=O)O)C(=O)NCCCS(C)(=O)=O. The van der Waals surface area contributed by atoms with Crippen LogP contribution in [-0.4, -0.2) is 62.1 Å². The Balaban J connectivity index is 4.11. The Bertz CT molecular complexity index is 438. The average molecular weight is 276 g/mol. The highest BCUT2D eigenvalue weighted by atomic mass is 32.2. The standard InChI is InChI=1S/C10H16N2O5S/c1-3-6-12(8-9(13)14)10(15)11-5-4-7-18(2,16)17/h1H,4-8H2,2H3,(H,11,15)(H,13,14). The topological polar surface area (TPSA) is 104 Å². The molecule has 0 radical (unpaired) electrons. The Kier molecular flexibility index (Phi) is 6.82. The van der Waals surface area contributed by atoms with Gasteiger partial charge in [-0.15, -0.1) is 6.42 Å². The molecule has 2 N–H and O–H groups in total. The van der Waals surface area contributed by atoms with E-state index in [0.717, 1.165) is 11.2 Å². The van der Waals surface area contributed by atoms with Crippen molar-refractivity contribution in [1.29, 1.82) is 0 Å². The molecule has 0 atom stereocenters. The van der Waals surface area contributed by atoms with Gasteiger partial charge in [0.25, 0.3) is 0 Å². The molecule has 0 unspecified atom stereocenters. The number of carbonyl (C=O) groups excluding carboxylic acids is 1. The number of sulfone groups is 1. The van der Waals surface area contributed by atoms with Crippen LogP contribution in [-0.2, 0) is 14.6 Å². The van der Waals surface area contributed by atoms with E-state index in [1.54, 1.807) is 0 Å². The van der Waals surface area contributed by atoms with Crippen molar-refractivity contribution in [3.63, 3.8) is 0 Å². The number of carbonyl (C=O) groups is 2. The van der Waals surface area contributed by atoms with Gasteiger partial charge in [-0.1, -0.05) is 5.92 Å². The largest absolute Gasteiger partial charge is 0.480 e. The lowest BCUT2D eigenvalue weighted by molar-refractivity contribution is -0.137. The number of hydrogen-bond acceptors (Lipinski definition) is 4. The number of amides is 2. The molecule has 0 aliphatic rings. The molecular formula is C10H16N2O5S. The number of urea groups is 1. The Morgan fingerprint density at radius 1 is 1.44 bits per heavy atom. The number of carboxylic acids is 1. The molecule has 18 heavy (non-hydrogen) atoms. The van der Waals surface area contributed by atoms with Crippen LogP contribution >= 0.6 is 0 Å². The predicted molar refractivity (Wildman–Crippen MR) is 65.8 cm³/mol. The fourth-order valence-electron chi connectivity index (χ4n) is 1.11. The summed E-state index contributed by atoms with van der Waals surface area (Å²) in [6.45, 7) is -0.473. The van der Waals surface area contributed by atoms with Crippen LogP contribution in [0, 0.1) is 12.3 Å². The van der Waals surface area contributed by atoms with Crippen molar-refractivity contribution in [2.45, 2.75) is 6.42 Å². The first-order valence-electron chi connectivity index (χ1n) is 5.12. The van der Waals surface area contributed by atoms with Crippen LogP contribution in [0.15, 0.2) is 0 Å². The van der Waals surface area contributed by atoms with Gasteiger partial charge in [0.2, 0.25) is 0 Å². The highest BCUT2D eigenvalue weighted by Gasteiger charge is 2.15. The summed E-state index contributed by atoms with van der Waals surface area (Å²) in [5, 5.41) is 11.0. The normalized spacial score (nSPS) is 10.4. The van der Waals surface area contributed by atoms with E-state index < -0.39 is 28.4 Å². The number of hydrogen-bond donors (Lipinski definition) is 2. The molecule has 0 aliphatic carbocycles. The number of nitrogens with one attached hydrogen (secondary N) is 1. The van der Waals surface area contributed by atoms with Crippen LogP contribution < -0.4 is 5.32 Å². The molecule has 0 saturated carbocycles. The van der Waals surface area contributed by atoms with E-state index in [9.17, 15) is 18.0 Å². The summed E-state index contributed by atoms with van der Waals surface area (Å²) >= 11 is 0. The maximum absolute atomic E-state index is 11.5. The summed E-state index contributed by atoms with van der Waals surface area (Å²) in [5.74, 6) is 0.964. The van der Waals surface area contributed by atoms with Crippen LogP contribution in [0.25, 0.3) is 0 Å². The zero-order valence-corrected chi connectivity index (χ0v) is 10.9. The van der Waals surface area contributed by atoms with Crippen molar-refractivity contribution in [1.82, 2.24) is 10.2 Å². The van der Waals surface area contributed by atoms with Gasteiger partial charge >= 0.3 is 12.0 Å². The smallest absolute Gasteiger partial charge is 0.323 e. The summed E-state index contributed by atoms with van der Waals surface area (Å²) < 4.78 is 21.7. The molecule has 0 rings (SSSR count). The van der Waals surface area contributed by atoms with Crippen LogP contribution in [0.5, 0.6) is 0 Å². The third kappa shape index (κ3) is 8.41. The first-order valence-corrected chi connectivity index (χ1v) is 7.18. The van der Waals surface area contributed by atoms with E-state index in [1.165, 1.54) is 0 Å². The third-order valence-corrected chi connectivity index (χ3v) is 2.89. The van der Waals surface area contributed by atoms with Gasteiger partial charge in [-0.25, -0.2) is 13.2 Å². The Hall–Kier alpha value is -1.75. The van der Waals surface area contributed by atoms with E-state index in [2.05, 4.69) is 11.2 Å². The number of nitrogens with zero attached hydrogens (tertiary/aromatic N) is 1. The molecule has 0 aliphatic heterocycles. The van der Waals surface area contributed by atoms with Crippen LogP contribution in [0.1, 0.15) is 6.42 Å². The van der Waals surface area contributed by atoms with Crippen LogP contribution in [0.3, 0.4) is 0 Å². The second-order valence-corrected chi connectivity index (χ2v) is 5.93. The number of rotatable bonds is 7. The van der Waals surface area contributed by atoms with Gasteiger partial charge in [0.1, 0.15) is 16.4 Å². The molecule has 0 spiro atoms. The summed E-state index contributed by atoms with van der Waals surface area (Å²) in [6, 6.07) is -0.621. The number of terminal acetylenes is 1. The minimum atomic E-state index is -3.06. The molecule has 0 fully saturated rings. The minimum absolute atomic E-state index is 0.0403. The summed E-state index contributed by atoms with van der Waals surface area (Å²) in [6.07, 6.45) is 6.38. The molecule has 0 heterocycles. The third-order valence-electron chi connectivity index (χ3n) is 1.86. The van der Waals surface area contributed by atoms with E-state index >= 15 is 0 Å². The molecule has 0 saturated heterocycles. The molecule has 0 aromatic rings. The second kappa shape index (κ2) is 7.55. The zero-order chi connectivity index (χ0) is 14.2. The van der Waals surface area contributed by atoms with Crippen LogP contribution in [0.2, 0.25) is 0 Å². The maximum Gasteiger partial charge on any atom is 0.323 e. The van der Waals surface area contributed by atoms with Crippen LogP contribution in [0.4, 0.5) is 4.79 Å². The van der Waals surface area contributed by atoms with Gasteiger partial charge < -0.3 is 15.3 Å². The Morgan fingerprint density at radius 3 is 2.50 bits per heavy atom. The predicted octanol–water partition coefficient (Wildman–Crippen LogP) is -0.849. The molecular weight excluding hydrogens is 260 g/mol. The van der Waals surface area contributed by atoms with Gasteiger partial charge in [0.15, 0.2) is 0 Å².